The van der Waals surface area contributed by atoms with E-state index in [-0.39, 0.29) is 12.5 Å². The first-order valence-corrected chi connectivity index (χ1v) is 4.78. The number of carbonyl (C=O) groups excluding carboxylic acids is 1. The monoisotopic (exact) mass is 186 g/mol. The molecule has 0 atom stereocenters. The van der Waals surface area contributed by atoms with E-state index in [9.17, 15) is 4.79 Å². The third-order valence-corrected chi connectivity index (χ3v) is 2.38. The lowest BCUT2D eigenvalue weighted by Gasteiger charge is -2.36. The van der Waals surface area contributed by atoms with E-state index >= 15 is 0 Å². The number of aliphatic hydroxyl groups excluding tert-OH is 1. The SMILES string of the molecule is CC(C)N1CCN(CCO)CC1=O. The van der Waals surface area contributed by atoms with Crippen molar-refractivity contribution in [2.75, 3.05) is 32.8 Å². The van der Waals surface area contributed by atoms with E-state index in [0.29, 0.717) is 19.1 Å². The number of piperazine rings is 1. The summed E-state index contributed by atoms with van der Waals surface area (Å²) in [5, 5.41) is 8.71. The molecule has 1 rings (SSSR count). The van der Waals surface area contributed by atoms with Gasteiger partial charge < -0.3 is 10.0 Å². The molecule has 0 aromatic heterocycles. The standard InChI is InChI=1S/C9H18N2O2/c1-8(2)11-4-3-10(5-6-12)7-9(11)13/h8,12H,3-7H2,1-2H3. The molecule has 0 aliphatic carbocycles. The molecule has 0 aromatic rings. The minimum Gasteiger partial charge on any atom is -0.395 e. The number of aliphatic hydroxyl groups is 1. The van der Waals surface area contributed by atoms with Gasteiger partial charge in [-0.2, -0.15) is 0 Å². The van der Waals surface area contributed by atoms with E-state index in [1.54, 1.807) is 0 Å². The lowest BCUT2D eigenvalue weighted by Crippen LogP contribution is -2.53. The summed E-state index contributed by atoms with van der Waals surface area (Å²) in [5.74, 6) is 0.176. The molecule has 0 aromatic carbocycles. The van der Waals surface area contributed by atoms with Crippen LogP contribution in [0.2, 0.25) is 0 Å². The molecular formula is C9H18N2O2. The lowest BCUT2D eigenvalue weighted by atomic mass is 10.2. The van der Waals surface area contributed by atoms with Gasteiger partial charge in [-0.05, 0) is 13.8 Å². The van der Waals surface area contributed by atoms with Gasteiger partial charge in [0.05, 0.1) is 13.2 Å². The van der Waals surface area contributed by atoms with E-state index in [4.69, 9.17) is 5.11 Å². The van der Waals surface area contributed by atoms with Crippen molar-refractivity contribution in [3.8, 4) is 0 Å². The summed E-state index contributed by atoms with van der Waals surface area (Å²) < 4.78 is 0. The van der Waals surface area contributed by atoms with Crippen LogP contribution in [-0.4, -0.2) is 59.6 Å². The Balaban J connectivity index is 2.42. The van der Waals surface area contributed by atoms with Crippen molar-refractivity contribution in [1.82, 2.24) is 9.80 Å². The summed E-state index contributed by atoms with van der Waals surface area (Å²) in [7, 11) is 0. The van der Waals surface area contributed by atoms with E-state index in [2.05, 4.69) is 0 Å². The third-order valence-electron chi connectivity index (χ3n) is 2.38. The highest BCUT2D eigenvalue weighted by Gasteiger charge is 2.24. The Labute approximate surface area is 79.1 Å². The van der Waals surface area contributed by atoms with Crippen molar-refractivity contribution < 1.29 is 9.90 Å². The molecule has 1 amide bonds. The summed E-state index contributed by atoms with van der Waals surface area (Å²) in [6, 6.07) is 0.295. The summed E-state index contributed by atoms with van der Waals surface area (Å²) >= 11 is 0. The molecular weight excluding hydrogens is 168 g/mol. The first kappa shape index (κ1) is 10.5. The molecule has 0 saturated carbocycles. The van der Waals surface area contributed by atoms with Crippen molar-refractivity contribution in [3.63, 3.8) is 0 Å². The molecule has 1 N–H and O–H groups in total. The number of hydrogen-bond acceptors (Lipinski definition) is 3. The molecule has 1 fully saturated rings. The van der Waals surface area contributed by atoms with E-state index in [1.165, 1.54) is 0 Å². The first-order valence-electron chi connectivity index (χ1n) is 4.78. The molecule has 0 spiro atoms. The fourth-order valence-electron chi connectivity index (χ4n) is 1.61. The second-order valence-corrected chi connectivity index (χ2v) is 3.68. The quantitative estimate of drug-likeness (QED) is 0.648. The fourth-order valence-corrected chi connectivity index (χ4v) is 1.61. The van der Waals surface area contributed by atoms with Gasteiger partial charge in [-0.3, -0.25) is 9.69 Å². The van der Waals surface area contributed by atoms with Gasteiger partial charge in [-0.1, -0.05) is 0 Å². The average molecular weight is 186 g/mol. The summed E-state index contributed by atoms with van der Waals surface area (Å²) in [4.78, 5) is 15.4. The van der Waals surface area contributed by atoms with Gasteiger partial charge >= 0.3 is 0 Å². The Morgan fingerprint density at radius 3 is 2.62 bits per heavy atom. The van der Waals surface area contributed by atoms with Gasteiger partial charge in [-0.15, -0.1) is 0 Å². The van der Waals surface area contributed by atoms with Crippen LogP contribution in [0.4, 0.5) is 0 Å². The van der Waals surface area contributed by atoms with E-state index in [0.717, 1.165) is 13.1 Å². The maximum Gasteiger partial charge on any atom is 0.237 e. The normalized spacial score (nSPS) is 20.0. The Bertz CT molecular complexity index is 182. The highest BCUT2D eigenvalue weighted by molar-refractivity contribution is 5.79. The maximum absolute atomic E-state index is 11.5. The van der Waals surface area contributed by atoms with Crippen LogP contribution in [0, 0.1) is 0 Å². The topological polar surface area (TPSA) is 43.8 Å². The second kappa shape index (κ2) is 4.58. The number of hydrogen-bond donors (Lipinski definition) is 1. The van der Waals surface area contributed by atoms with E-state index < -0.39 is 0 Å². The van der Waals surface area contributed by atoms with Crippen LogP contribution in [0.15, 0.2) is 0 Å². The highest BCUT2D eigenvalue weighted by atomic mass is 16.3. The summed E-state index contributed by atoms with van der Waals surface area (Å²) in [6.45, 7) is 6.92. The first-order chi connectivity index (χ1) is 6.15. The molecule has 0 bridgehead atoms. The second-order valence-electron chi connectivity index (χ2n) is 3.68. The summed E-state index contributed by atoms with van der Waals surface area (Å²) in [6.07, 6.45) is 0. The smallest absolute Gasteiger partial charge is 0.237 e. The van der Waals surface area contributed by atoms with Gasteiger partial charge in [0.25, 0.3) is 0 Å². The van der Waals surface area contributed by atoms with Crippen molar-refractivity contribution in [3.05, 3.63) is 0 Å². The van der Waals surface area contributed by atoms with Crippen LogP contribution < -0.4 is 0 Å². The zero-order valence-corrected chi connectivity index (χ0v) is 8.36. The van der Waals surface area contributed by atoms with Crippen LogP contribution in [0.3, 0.4) is 0 Å². The predicted octanol–water partition coefficient (Wildman–Crippen LogP) is -0.469. The van der Waals surface area contributed by atoms with Gasteiger partial charge in [0, 0.05) is 25.7 Å². The number of nitrogens with zero attached hydrogens (tertiary/aromatic N) is 2. The number of amides is 1. The fraction of sp³-hybridized carbons (Fsp3) is 0.889. The van der Waals surface area contributed by atoms with Gasteiger partial charge in [0.2, 0.25) is 5.91 Å². The van der Waals surface area contributed by atoms with Gasteiger partial charge in [0.1, 0.15) is 0 Å². The third kappa shape index (κ3) is 2.67. The molecule has 4 heteroatoms. The molecule has 1 aliphatic rings. The Kier molecular flexibility index (Phi) is 3.69. The summed E-state index contributed by atoms with van der Waals surface area (Å²) in [5.41, 5.74) is 0. The molecule has 0 unspecified atom stereocenters. The van der Waals surface area contributed by atoms with Gasteiger partial charge in [-0.25, -0.2) is 0 Å². The molecule has 1 aliphatic heterocycles. The minimum absolute atomic E-state index is 0.134. The number of rotatable bonds is 3. The number of β-amino-alcohol motifs (C(OH)–C–C–N with tert-alkyl or cyclic N) is 1. The molecule has 1 heterocycles. The van der Waals surface area contributed by atoms with Crippen molar-refractivity contribution in [1.29, 1.82) is 0 Å². The van der Waals surface area contributed by atoms with Crippen LogP contribution in [0.1, 0.15) is 13.8 Å². The Morgan fingerprint density at radius 1 is 1.46 bits per heavy atom. The molecule has 76 valence electrons. The molecule has 0 radical (unpaired) electrons. The Hall–Kier alpha value is -0.610. The van der Waals surface area contributed by atoms with Crippen LogP contribution in [0.25, 0.3) is 0 Å². The molecule has 1 saturated heterocycles. The maximum atomic E-state index is 11.5. The molecule has 13 heavy (non-hydrogen) atoms. The highest BCUT2D eigenvalue weighted by Crippen LogP contribution is 2.06. The lowest BCUT2D eigenvalue weighted by molar-refractivity contribution is -0.138. The van der Waals surface area contributed by atoms with Crippen LogP contribution in [-0.2, 0) is 4.79 Å². The predicted molar refractivity (Wildman–Crippen MR) is 50.4 cm³/mol. The number of carbonyl (C=O) groups is 1. The van der Waals surface area contributed by atoms with Crippen LogP contribution >= 0.6 is 0 Å². The van der Waals surface area contributed by atoms with E-state index in [1.807, 2.05) is 23.6 Å². The Morgan fingerprint density at radius 2 is 2.15 bits per heavy atom. The molecule has 4 nitrogen and oxygen atoms in total. The van der Waals surface area contributed by atoms with Crippen molar-refractivity contribution in [2.45, 2.75) is 19.9 Å². The van der Waals surface area contributed by atoms with Crippen molar-refractivity contribution >= 4 is 5.91 Å². The average Bonchev–Trinajstić information content (AvgIpc) is 2.04. The van der Waals surface area contributed by atoms with Crippen LogP contribution in [0.5, 0.6) is 0 Å². The van der Waals surface area contributed by atoms with Gasteiger partial charge in [0.15, 0.2) is 0 Å². The van der Waals surface area contributed by atoms with Crippen molar-refractivity contribution in [2.24, 2.45) is 0 Å². The largest absolute Gasteiger partial charge is 0.395 e. The minimum atomic E-state index is 0.134. The zero-order valence-electron chi connectivity index (χ0n) is 8.36. The zero-order chi connectivity index (χ0) is 9.84.